The molecule has 0 saturated carbocycles. The highest BCUT2D eigenvalue weighted by Gasteiger charge is 2.41. The second kappa shape index (κ2) is 3.45. The van der Waals surface area contributed by atoms with E-state index < -0.39 is 30.1 Å². The van der Waals surface area contributed by atoms with Crippen LogP contribution in [0.5, 0.6) is 0 Å². The predicted molar refractivity (Wildman–Crippen MR) is 31.0 cm³/mol. The molecule has 60 valence electrons. The summed E-state index contributed by atoms with van der Waals surface area (Å²) in [6.45, 7) is -12.4. The molecule has 0 spiro atoms. The Morgan fingerprint density at radius 3 is 1.70 bits per heavy atom. The summed E-state index contributed by atoms with van der Waals surface area (Å²) in [5.41, 5.74) is -4.30. The Hall–Kier alpha value is -0.720. The SMILES string of the molecule is [2H]C([2H])(O)C([N+](=O)[O-])(C([2H])([2H])O)C([2H])([2H])O. The summed E-state index contributed by atoms with van der Waals surface area (Å²) in [7, 11) is 0. The normalized spacial score (nSPS) is 24.7. The van der Waals surface area contributed by atoms with Crippen LogP contribution in [-0.4, -0.2) is 45.5 Å². The van der Waals surface area contributed by atoms with Gasteiger partial charge in [0.25, 0.3) is 5.54 Å². The van der Waals surface area contributed by atoms with Crippen molar-refractivity contribution in [2.24, 2.45) is 0 Å². The van der Waals surface area contributed by atoms with E-state index in [1.165, 1.54) is 0 Å². The van der Waals surface area contributed by atoms with E-state index in [1.807, 2.05) is 0 Å². The first-order valence-electron chi connectivity index (χ1n) is 5.01. The van der Waals surface area contributed by atoms with Crippen molar-refractivity contribution in [1.82, 2.24) is 0 Å². The molecule has 0 aliphatic heterocycles. The van der Waals surface area contributed by atoms with Crippen LogP contribution in [0.1, 0.15) is 8.22 Å². The van der Waals surface area contributed by atoms with Gasteiger partial charge in [-0.15, -0.1) is 0 Å². The number of nitrogens with zero attached hydrogens (tertiary/aromatic N) is 1. The molecule has 10 heavy (non-hydrogen) atoms. The monoisotopic (exact) mass is 157 g/mol. The summed E-state index contributed by atoms with van der Waals surface area (Å²) < 4.78 is 40.0. The minimum absolute atomic E-state index is 1.94. The third-order valence-corrected chi connectivity index (χ3v) is 0.759. The van der Waals surface area contributed by atoms with E-state index in [2.05, 4.69) is 0 Å². The Labute approximate surface area is 65.3 Å². The number of rotatable bonds is 4. The highest BCUT2D eigenvalue weighted by atomic mass is 16.6. The van der Waals surface area contributed by atoms with Crippen LogP contribution >= 0.6 is 0 Å². The van der Waals surface area contributed by atoms with Gasteiger partial charge in [-0.25, -0.2) is 0 Å². The minimum atomic E-state index is -4.30. The lowest BCUT2D eigenvalue weighted by Crippen LogP contribution is -2.49. The van der Waals surface area contributed by atoms with Crippen molar-refractivity contribution in [2.45, 2.75) is 5.54 Å². The van der Waals surface area contributed by atoms with Crippen LogP contribution < -0.4 is 0 Å². The van der Waals surface area contributed by atoms with E-state index in [0.717, 1.165) is 0 Å². The van der Waals surface area contributed by atoms with Gasteiger partial charge in [0.05, 0.1) is 8.22 Å². The lowest BCUT2D eigenvalue weighted by molar-refractivity contribution is -0.580. The smallest absolute Gasteiger partial charge is 0.289 e. The van der Waals surface area contributed by atoms with E-state index in [9.17, 15) is 10.1 Å². The number of hydrogen-bond acceptors (Lipinski definition) is 5. The number of hydrogen-bond donors (Lipinski definition) is 3. The Morgan fingerprint density at radius 1 is 1.40 bits per heavy atom. The van der Waals surface area contributed by atoms with Crippen LogP contribution in [0.3, 0.4) is 0 Å². The molecule has 0 rings (SSSR count). The summed E-state index contributed by atoms with van der Waals surface area (Å²) >= 11 is 0. The van der Waals surface area contributed by atoms with Gasteiger partial charge >= 0.3 is 0 Å². The zero-order valence-corrected chi connectivity index (χ0v) is 4.61. The summed E-state index contributed by atoms with van der Waals surface area (Å²) in [5.74, 6) is 0. The van der Waals surface area contributed by atoms with Gasteiger partial charge in [-0.1, -0.05) is 0 Å². The predicted octanol–water partition coefficient (Wildman–Crippen LogP) is -2.02. The first-order chi connectivity index (χ1) is 6.69. The van der Waals surface area contributed by atoms with Crippen LogP contribution in [0.4, 0.5) is 0 Å². The maximum absolute atomic E-state index is 10.6. The summed E-state index contributed by atoms with van der Waals surface area (Å²) in [6.07, 6.45) is 0. The molecule has 0 atom stereocenters. The molecule has 0 aromatic rings. The van der Waals surface area contributed by atoms with Crippen molar-refractivity contribution in [3.05, 3.63) is 10.1 Å². The molecule has 0 heterocycles. The number of nitro groups is 1. The number of aliphatic hydroxyl groups is 3. The van der Waals surface area contributed by atoms with Gasteiger partial charge in [-0.05, 0) is 0 Å². The van der Waals surface area contributed by atoms with Crippen molar-refractivity contribution in [2.75, 3.05) is 19.7 Å². The standard InChI is InChI=1S/C4H9NO5/c6-1-4(2-7,3-8)5(9)10/h6-8H,1-3H2/i1D2,2D2,3D2. The maximum Gasteiger partial charge on any atom is 0.289 e. The zero-order valence-electron chi connectivity index (χ0n) is 10.6. The minimum Gasteiger partial charge on any atom is -0.389 e. The van der Waals surface area contributed by atoms with Gasteiger partial charge in [0, 0.05) is 4.92 Å². The molecule has 0 unspecified atom stereocenters. The average Bonchev–Trinajstić information content (AvgIpc) is 1.71. The molecular formula is C4H9NO5. The second-order valence-electron chi connectivity index (χ2n) is 1.30. The van der Waals surface area contributed by atoms with Crippen LogP contribution in [0.2, 0.25) is 0 Å². The summed E-state index contributed by atoms with van der Waals surface area (Å²) in [6, 6.07) is 0. The van der Waals surface area contributed by atoms with Gasteiger partial charge in [0.1, 0.15) is 19.7 Å². The molecule has 0 aromatic heterocycles. The van der Waals surface area contributed by atoms with Gasteiger partial charge in [-0.3, -0.25) is 10.1 Å². The summed E-state index contributed by atoms with van der Waals surface area (Å²) in [4.78, 5) is 8.63. The first-order valence-corrected chi connectivity index (χ1v) is 2.01. The molecule has 0 aromatic carbocycles. The van der Waals surface area contributed by atoms with Gasteiger partial charge in [-0.2, -0.15) is 0 Å². The lowest BCUT2D eigenvalue weighted by atomic mass is 10.1. The van der Waals surface area contributed by atoms with Crippen LogP contribution in [0.25, 0.3) is 0 Å². The largest absolute Gasteiger partial charge is 0.389 e. The quantitative estimate of drug-likeness (QED) is 0.323. The third-order valence-electron chi connectivity index (χ3n) is 0.759. The van der Waals surface area contributed by atoms with E-state index >= 15 is 0 Å². The van der Waals surface area contributed by atoms with Crippen molar-refractivity contribution in [1.29, 1.82) is 0 Å². The fraction of sp³-hybridized carbons (Fsp3) is 1.00. The van der Waals surface area contributed by atoms with Crippen molar-refractivity contribution in [3.8, 4) is 0 Å². The Kier molecular flexibility index (Phi) is 1.08. The zero-order chi connectivity index (χ0) is 13.6. The Morgan fingerprint density at radius 2 is 1.70 bits per heavy atom. The van der Waals surface area contributed by atoms with E-state index in [0.29, 0.717) is 0 Å². The Balaban J connectivity index is 6.17. The van der Waals surface area contributed by atoms with Crippen LogP contribution in [-0.2, 0) is 0 Å². The fourth-order valence-corrected chi connectivity index (χ4v) is 0.197. The van der Waals surface area contributed by atoms with Crippen LogP contribution in [0.15, 0.2) is 0 Å². The highest BCUT2D eigenvalue weighted by molar-refractivity contribution is 4.75. The molecule has 0 fully saturated rings. The Bertz CT molecular complexity index is 253. The molecule has 0 aliphatic carbocycles. The molecule has 0 aliphatic rings. The molecule has 6 nitrogen and oxygen atoms in total. The van der Waals surface area contributed by atoms with Crippen molar-refractivity contribution >= 4 is 0 Å². The van der Waals surface area contributed by atoms with Gasteiger partial charge in [0.2, 0.25) is 0 Å². The summed E-state index contributed by atoms with van der Waals surface area (Å²) in [5, 5.41) is 37.2. The fourth-order valence-electron chi connectivity index (χ4n) is 0.197. The molecule has 0 radical (unpaired) electrons. The molecule has 6 heteroatoms. The van der Waals surface area contributed by atoms with E-state index in [4.69, 9.17) is 23.5 Å². The molecule has 3 N–H and O–H groups in total. The van der Waals surface area contributed by atoms with Gasteiger partial charge < -0.3 is 15.3 Å². The van der Waals surface area contributed by atoms with Crippen LogP contribution in [0, 0.1) is 10.1 Å². The highest BCUT2D eigenvalue weighted by Crippen LogP contribution is 2.05. The third kappa shape index (κ3) is 1.41. The second-order valence-corrected chi connectivity index (χ2v) is 1.30. The van der Waals surface area contributed by atoms with Crippen molar-refractivity contribution in [3.63, 3.8) is 0 Å². The average molecular weight is 157 g/mol. The van der Waals surface area contributed by atoms with Gasteiger partial charge in [0.15, 0.2) is 0 Å². The first kappa shape index (κ1) is 3.12. The van der Waals surface area contributed by atoms with E-state index in [1.54, 1.807) is 0 Å². The van der Waals surface area contributed by atoms with Crippen molar-refractivity contribution < 1.29 is 28.5 Å². The molecular weight excluding hydrogens is 142 g/mol. The topological polar surface area (TPSA) is 104 Å². The maximum atomic E-state index is 10.6. The lowest BCUT2D eigenvalue weighted by Gasteiger charge is -2.16. The molecule has 0 amide bonds. The van der Waals surface area contributed by atoms with E-state index in [-0.39, 0.29) is 0 Å². The molecule has 0 bridgehead atoms. The molecule has 0 saturated heterocycles.